The molecule has 702 valence electrons. The Labute approximate surface area is 816 Å². The standard InChI is InChI=1S/C47H42N4O3.C43H42N4O3.C26H26N4O.2CO2/c1-8-32-33(22-20-29-16-12-10-13-17-29)35-25-39-45(3,4)27-31-24-37-41(44(52)54-9-2)34(23-21-30-18-14-11-15-19-30)36-26-40-46(5,6)28-38-43(53-7)42(32)51(35)47(48(31)39,49(36)37)50(38)40;1-8-28-35(25-16-12-10-13-17-25)30-21-33-41(3,4)23-27-20-29-37(40(48)50-9-2)36(26-18-14-11-15-19-26)31-22-34-42(5,6)24-32-39(49-7)38(28)47(30)43(44(27)33,45(29)31)46(32)34;1-24(2)13-18-10-15-6-7-16-11-22-25(3,4)14-20-23(31-5)19-9-8-17-12-21(24)29(18)26(27(15)16,28(17)19)30(20)22;2*2-1-3/h10-19,24-26H,8-9,27-28H2,1-7H3;10-22H,8-9,23-24H2,1-7H3;6-12H,13-14H2,1-5H3;;/q3*+2;;. The van der Waals surface area contributed by atoms with E-state index >= 15 is 0 Å². The molecule has 0 fully saturated rings. The molecule has 141 heavy (non-hydrogen) atoms. The van der Waals surface area contributed by atoms with Crippen LogP contribution in [0, 0.1) is 56.2 Å². The number of esters is 2. The van der Waals surface area contributed by atoms with Crippen molar-refractivity contribution in [3.8, 4) is 45.9 Å². The second kappa shape index (κ2) is 30.0. The van der Waals surface area contributed by atoms with E-state index in [4.69, 9.17) is 42.9 Å². The number of allylic oxidation sites excluding steroid dienone is 6. The highest BCUT2D eigenvalue weighted by molar-refractivity contribution is 6.19. The van der Waals surface area contributed by atoms with Crippen molar-refractivity contribution in [1.82, 2.24) is 27.4 Å². The molecule has 3 unspecified atom stereocenters. The Morgan fingerprint density at radius 2 is 0.801 bits per heavy atom. The summed E-state index contributed by atoms with van der Waals surface area (Å²) in [4.78, 5) is 61.2. The lowest BCUT2D eigenvalue weighted by Gasteiger charge is -2.39. The number of hydrogen-bond acceptors (Lipinski definition) is 11. The molecule has 23 nitrogen and oxygen atoms in total. The van der Waals surface area contributed by atoms with E-state index in [9.17, 15) is 9.59 Å². The first-order valence-corrected chi connectivity index (χ1v) is 49.0. The number of methoxy groups -OCH3 is 3. The summed E-state index contributed by atoms with van der Waals surface area (Å²) in [5.74, 6) is 14.0. The van der Waals surface area contributed by atoms with E-state index in [1.807, 2.05) is 82.7 Å². The van der Waals surface area contributed by atoms with Crippen LogP contribution in [-0.4, -0.2) is 148 Å². The Bertz CT molecular complexity index is 8650. The average molecular weight is 1870 g/mol. The molecule has 0 N–H and O–H groups in total. The summed E-state index contributed by atoms with van der Waals surface area (Å²) < 4.78 is 61.5. The highest BCUT2D eigenvalue weighted by Crippen LogP contribution is 2.62. The summed E-state index contributed by atoms with van der Waals surface area (Å²) in [7, 11) is 5.45. The van der Waals surface area contributed by atoms with Gasteiger partial charge in [-0.15, -0.1) is 0 Å². The topological polar surface area (TPSA) is 196 Å². The van der Waals surface area contributed by atoms with Gasteiger partial charge in [0, 0.05) is 96.2 Å². The molecule has 0 saturated heterocycles. The molecule has 0 saturated carbocycles. The zero-order valence-electron chi connectivity index (χ0n) is 83.0. The number of carbonyl (C=O) groups is 2. The van der Waals surface area contributed by atoms with Crippen LogP contribution in [0.25, 0.3) is 94.2 Å². The number of nitrogens with zero attached hydrogens (tertiary/aromatic N) is 12. The van der Waals surface area contributed by atoms with E-state index in [1.54, 1.807) is 7.11 Å². The highest BCUT2D eigenvalue weighted by atomic mass is 16.5. The van der Waals surface area contributed by atoms with Crippen LogP contribution in [0.2, 0.25) is 0 Å². The van der Waals surface area contributed by atoms with Crippen molar-refractivity contribution in [3.05, 3.63) is 291 Å². The Hall–Kier alpha value is -15.5. The van der Waals surface area contributed by atoms with Gasteiger partial charge in [0.05, 0.1) is 153 Å². The molecule has 0 aliphatic carbocycles. The van der Waals surface area contributed by atoms with Gasteiger partial charge >= 0.3 is 42.0 Å². The summed E-state index contributed by atoms with van der Waals surface area (Å²) in [6, 6.07) is 50.5. The minimum atomic E-state index is -0.975. The van der Waals surface area contributed by atoms with E-state index < -0.39 is 17.7 Å². The van der Waals surface area contributed by atoms with Crippen LogP contribution in [0.5, 0.6) is 0 Å². The lowest BCUT2D eigenvalue weighted by molar-refractivity contribution is -0.838. The maximum atomic E-state index is 14.4. The molecule has 0 bridgehead atoms. The summed E-state index contributed by atoms with van der Waals surface area (Å²) in [6.07, 6.45) is 28.5. The predicted octanol–water partition coefficient (Wildman–Crippen LogP) is 13.8. The van der Waals surface area contributed by atoms with Crippen molar-refractivity contribution in [2.24, 2.45) is 32.5 Å². The van der Waals surface area contributed by atoms with Gasteiger partial charge in [0.15, 0.2) is 17.1 Å². The fourth-order valence-electron chi connectivity index (χ4n) is 27.1. The number of rotatable bonds is 11. The van der Waals surface area contributed by atoms with Crippen molar-refractivity contribution in [3.63, 3.8) is 0 Å². The third-order valence-corrected chi connectivity index (χ3v) is 32.2. The number of hydrogen-bond donors (Lipinski definition) is 0. The van der Waals surface area contributed by atoms with Crippen LogP contribution in [0.15, 0.2) is 180 Å². The van der Waals surface area contributed by atoms with Crippen LogP contribution >= 0.6 is 0 Å². The molecule has 0 amide bonds. The molecule has 4 aromatic carbocycles. The number of aromatic nitrogens is 6. The Morgan fingerprint density at radius 1 is 0.362 bits per heavy atom. The number of ether oxygens (including phenoxy) is 5. The van der Waals surface area contributed by atoms with Crippen molar-refractivity contribution in [2.75, 3.05) is 34.5 Å². The summed E-state index contributed by atoms with van der Waals surface area (Å²) >= 11 is 0. The molecular formula is C118H110N12O11+6. The molecule has 23 heteroatoms. The van der Waals surface area contributed by atoms with Gasteiger partial charge in [0.2, 0.25) is 68.6 Å². The second-order valence-electron chi connectivity index (χ2n) is 43.0. The maximum Gasteiger partial charge on any atom is 0.553 e. The quantitative estimate of drug-likeness (QED) is 0.0679. The first kappa shape index (κ1) is 88.2. The molecule has 18 aliphatic heterocycles. The van der Waals surface area contributed by atoms with E-state index in [1.165, 1.54) is 95.5 Å². The van der Waals surface area contributed by atoms with Gasteiger partial charge in [-0.2, -0.15) is 46.6 Å². The average Bonchev–Trinajstić information content (AvgIpc) is 1.47. The normalized spacial score (nSPS) is 22.3. The van der Waals surface area contributed by atoms with Crippen LogP contribution in [-0.2, 0) is 73.4 Å². The van der Waals surface area contributed by atoms with E-state index in [0.29, 0.717) is 23.3 Å². The van der Waals surface area contributed by atoms with E-state index in [2.05, 4.69) is 321 Å². The van der Waals surface area contributed by atoms with E-state index in [-0.39, 0.29) is 63.3 Å². The van der Waals surface area contributed by atoms with Crippen molar-refractivity contribution < 1.29 is 79.9 Å². The van der Waals surface area contributed by atoms with Gasteiger partial charge in [-0.25, -0.2) is 9.59 Å². The lowest BCUT2D eigenvalue weighted by atomic mass is 9.84. The molecule has 18 aliphatic rings. The maximum absolute atomic E-state index is 14.4. The third kappa shape index (κ3) is 11.1. The smallest absolute Gasteiger partial charge is 0.489 e. The SMILES string of the molecule is CCOC(=O)c1c(-c2ccccc2)c2n3c1C=C1CC(C)(C)C4=[N+]1C31n3c(c(-c5ccccc5)c(CC)c3=C(OC)C3=[N+]1C(=C2)C(C)(C)C3)=C4.CCOC(=O)c1c(C#Cc2ccccc2)c2n3c1C=C1CC(C)(C)C4=[N+]1C31n3c(c(C#Cc5ccccc5)c(CC)c3=C(OC)C3=[N+]1C(=C2)C(C)(C)C3)=C4.COC1=C2CC(C)(C)C3=[N+]2C24n5c(ccc51)C=C1[N+]2=C(C=c2ccc(n24)=C3)CC1(C)C.O=C=O.O=C=O. The van der Waals surface area contributed by atoms with Crippen molar-refractivity contribution in [1.29, 1.82) is 0 Å². The Kier molecular flexibility index (Phi) is 18.8. The molecule has 6 aromatic heterocycles. The minimum Gasteiger partial charge on any atom is -0.489 e. The first-order valence-electron chi connectivity index (χ1n) is 49.0. The number of benzene rings is 4. The van der Waals surface area contributed by atoms with Crippen LogP contribution in [0.1, 0.15) is 238 Å². The summed E-state index contributed by atoms with van der Waals surface area (Å²) in [5, 5.41) is 6.95. The third-order valence-electron chi connectivity index (χ3n) is 32.2. The number of carbonyl (C=O) groups excluding carboxylic acids is 6. The zero-order chi connectivity index (χ0) is 98.3. The lowest BCUT2D eigenvalue weighted by Crippen LogP contribution is -2.70. The fourth-order valence-corrected chi connectivity index (χ4v) is 27.1. The van der Waals surface area contributed by atoms with Crippen molar-refractivity contribution >= 4 is 130 Å². The first-order chi connectivity index (χ1) is 67.8. The Morgan fingerprint density at radius 3 is 1.33 bits per heavy atom. The zero-order valence-corrected chi connectivity index (χ0v) is 83.0. The minimum absolute atomic E-state index is 0.0334. The van der Waals surface area contributed by atoms with Gasteiger partial charge in [-0.3, -0.25) is 0 Å². The van der Waals surface area contributed by atoms with Gasteiger partial charge in [-0.1, -0.05) is 162 Å². The monoisotopic (exact) mass is 1870 g/mol. The molecule has 0 radical (unpaired) electrons. The molecular weight excluding hydrogens is 1760 g/mol. The van der Waals surface area contributed by atoms with Gasteiger partial charge in [0.25, 0.3) is 0 Å². The highest BCUT2D eigenvalue weighted by Gasteiger charge is 2.81. The van der Waals surface area contributed by atoms with Crippen LogP contribution in [0.4, 0.5) is 0 Å². The molecule has 28 rings (SSSR count). The van der Waals surface area contributed by atoms with Crippen LogP contribution in [0.3, 0.4) is 0 Å². The Balaban J connectivity index is 0.000000115. The van der Waals surface area contributed by atoms with Gasteiger partial charge in [0.1, 0.15) is 22.0 Å². The van der Waals surface area contributed by atoms with Crippen LogP contribution < -0.4 is 32.1 Å². The molecule has 3 spiro atoms. The summed E-state index contributed by atoms with van der Waals surface area (Å²) in [5.41, 5.74) is 31.9. The van der Waals surface area contributed by atoms with E-state index in [0.717, 1.165) is 158 Å². The van der Waals surface area contributed by atoms with Gasteiger partial charge < -0.3 is 23.7 Å². The van der Waals surface area contributed by atoms with Crippen molar-refractivity contribution in [2.45, 2.75) is 180 Å². The van der Waals surface area contributed by atoms with Gasteiger partial charge in [-0.05, 0) is 181 Å². The summed E-state index contributed by atoms with van der Waals surface area (Å²) in [6.45, 7) is 37.0. The molecule has 24 heterocycles. The fraction of sp³-hybridized carbons (Fsp3) is 0.322. The molecule has 3 atom stereocenters. The largest absolute Gasteiger partial charge is 0.553 e. The molecule has 10 aromatic rings. The second-order valence-corrected chi connectivity index (χ2v) is 43.0. The predicted molar refractivity (Wildman–Crippen MR) is 535 cm³/mol.